The van der Waals surface area contributed by atoms with Gasteiger partial charge in [0.05, 0.1) is 29.2 Å². The standard InChI is InChI=1S/C29H39N3O4S/c1-7-15-30(6)26(34)22-21-13-14-29(37-21)23(22)27(35)32(20(9-3)17-33)25(29)28(36)31(16-8-2)24-18(4)11-10-12-19(24)5/h7-8,10-12,20-23,25,33H,1-2,9,13-17H2,3-6H3/t20-,21+,22-,23-,25?,29?/m0/s1. The number of aryl methyl sites for hydroxylation is 2. The summed E-state index contributed by atoms with van der Waals surface area (Å²) in [5.74, 6) is -1.49. The van der Waals surface area contributed by atoms with Crippen LogP contribution >= 0.6 is 11.8 Å². The van der Waals surface area contributed by atoms with Crippen LogP contribution in [0.4, 0.5) is 5.69 Å². The van der Waals surface area contributed by atoms with Crippen molar-refractivity contribution in [3.05, 3.63) is 54.6 Å². The van der Waals surface area contributed by atoms with Gasteiger partial charge in [0, 0.05) is 31.1 Å². The first kappa shape index (κ1) is 27.5. The maximum absolute atomic E-state index is 14.7. The summed E-state index contributed by atoms with van der Waals surface area (Å²) in [7, 11) is 1.74. The number of anilines is 1. The molecule has 0 aliphatic carbocycles. The average Bonchev–Trinajstić information content (AvgIpc) is 3.51. The number of para-hydroxylation sites is 1. The molecule has 1 aromatic carbocycles. The molecule has 8 heteroatoms. The number of benzene rings is 1. The summed E-state index contributed by atoms with van der Waals surface area (Å²) >= 11 is 1.65. The van der Waals surface area contributed by atoms with E-state index in [1.807, 2.05) is 39.0 Å². The fraction of sp³-hybridized carbons (Fsp3) is 0.552. The number of nitrogens with zero attached hydrogens (tertiary/aromatic N) is 3. The minimum Gasteiger partial charge on any atom is -0.394 e. The van der Waals surface area contributed by atoms with Crippen LogP contribution in [0.1, 0.15) is 37.3 Å². The van der Waals surface area contributed by atoms with Gasteiger partial charge >= 0.3 is 0 Å². The summed E-state index contributed by atoms with van der Waals surface area (Å²) in [5, 5.41) is 10.3. The largest absolute Gasteiger partial charge is 0.394 e. The monoisotopic (exact) mass is 525 g/mol. The van der Waals surface area contributed by atoms with Crippen LogP contribution in [0.3, 0.4) is 0 Å². The zero-order valence-electron chi connectivity index (χ0n) is 22.4. The number of fused-ring (bicyclic) bond motifs is 1. The molecule has 3 heterocycles. The Labute approximate surface area is 224 Å². The summed E-state index contributed by atoms with van der Waals surface area (Å²) < 4.78 is -0.702. The van der Waals surface area contributed by atoms with Crippen LogP contribution in [0.5, 0.6) is 0 Å². The van der Waals surface area contributed by atoms with Crippen molar-refractivity contribution in [1.29, 1.82) is 0 Å². The molecule has 6 atom stereocenters. The maximum Gasteiger partial charge on any atom is 0.251 e. The fourth-order valence-corrected chi connectivity index (χ4v) is 8.99. The van der Waals surface area contributed by atoms with E-state index in [4.69, 9.17) is 0 Å². The second-order valence-corrected chi connectivity index (χ2v) is 12.1. The smallest absolute Gasteiger partial charge is 0.251 e. The van der Waals surface area contributed by atoms with Gasteiger partial charge in [-0.15, -0.1) is 24.9 Å². The normalized spacial score (nSPS) is 28.7. The molecular formula is C29H39N3O4S. The van der Waals surface area contributed by atoms with Gasteiger partial charge in [0.1, 0.15) is 6.04 Å². The quantitative estimate of drug-likeness (QED) is 0.474. The Morgan fingerprint density at radius 2 is 1.86 bits per heavy atom. The topological polar surface area (TPSA) is 81.2 Å². The Bertz CT molecular complexity index is 1080. The van der Waals surface area contributed by atoms with Crippen molar-refractivity contribution >= 4 is 35.2 Å². The number of likely N-dealkylation sites (N-methyl/N-ethyl adjacent to an activating group) is 1. The molecule has 2 bridgehead atoms. The van der Waals surface area contributed by atoms with Crippen LogP contribution in [0.2, 0.25) is 0 Å². The van der Waals surface area contributed by atoms with E-state index < -0.39 is 28.7 Å². The van der Waals surface area contributed by atoms with E-state index in [-0.39, 0.29) is 29.6 Å². The van der Waals surface area contributed by atoms with Crippen LogP contribution in [0.25, 0.3) is 0 Å². The Morgan fingerprint density at radius 1 is 1.22 bits per heavy atom. The average molecular weight is 526 g/mol. The van der Waals surface area contributed by atoms with Gasteiger partial charge in [-0.1, -0.05) is 37.3 Å². The molecular weight excluding hydrogens is 486 g/mol. The summed E-state index contributed by atoms with van der Waals surface area (Å²) in [6.45, 7) is 14.0. The highest BCUT2D eigenvalue weighted by molar-refractivity contribution is 8.02. The molecule has 1 spiro atoms. The molecule has 3 amide bonds. The van der Waals surface area contributed by atoms with Crippen molar-refractivity contribution in [3.63, 3.8) is 0 Å². The highest BCUT2D eigenvalue weighted by Crippen LogP contribution is 2.67. The number of carbonyl (C=O) groups is 3. The molecule has 200 valence electrons. The molecule has 0 aromatic heterocycles. The van der Waals surface area contributed by atoms with E-state index >= 15 is 0 Å². The highest BCUT2D eigenvalue weighted by atomic mass is 32.2. The van der Waals surface area contributed by atoms with Crippen molar-refractivity contribution < 1.29 is 19.5 Å². The molecule has 1 N–H and O–H groups in total. The zero-order valence-corrected chi connectivity index (χ0v) is 23.2. The molecule has 0 radical (unpaired) electrons. The molecule has 2 unspecified atom stereocenters. The number of hydrogen-bond donors (Lipinski definition) is 1. The Kier molecular flexibility index (Phi) is 7.91. The fourth-order valence-electron chi connectivity index (χ4n) is 6.80. The summed E-state index contributed by atoms with van der Waals surface area (Å²) in [6, 6.07) is 4.67. The van der Waals surface area contributed by atoms with Crippen LogP contribution in [-0.4, -0.2) is 81.5 Å². The number of amides is 3. The lowest BCUT2D eigenvalue weighted by Crippen LogP contribution is -2.57. The number of carbonyl (C=O) groups excluding carboxylic acids is 3. The number of rotatable bonds is 10. The second-order valence-electron chi connectivity index (χ2n) is 10.5. The lowest BCUT2D eigenvalue weighted by molar-refractivity contribution is -0.144. The molecule has 37 heavy (non-hydrogen) atoms. The Hall–Kier alpha value is -2.58. The van der Waals surface area contributed by atoms with Crippen LogP contribution in [0.15, 0.2) is 43.5 Å². The molecule has 4 rings (SSSR count). The molecule has 7 nitrogen and oxygen atoms in total. The SMILES string of the molecule is C=CCN(C)C(=O)[C@@H]1[C@H]2C(=O)N([C@@H](CC)CO)C(C(=O)N(CC=C)c3c(C)cccc3C)C23CC[C@H]1S3. The summed E-state index contributed by atoms with van der Waals surface area (Å²) in [4.78, 5) is 47.5. The van der Waals surface area contributed by atoms with Crippen LogP contribution in [0, 0.1) is 25.7 Å². The van der Waals surface area contributed by atoms with Crippen molar-refractivity contribution in [3.8, 4) is 0 Å². The van der Waals surface area contributed by atoms with Crippen molar-refractivity contribution in [2.45, 2.75) is 62.1 Å². The van der Waals surface area contributed by atoms with Crippen molar-refractivity contribution in [1.82, 2.24) is 9.80 Å². The van der Waals surface area contributed by atoms with Crippen LogP contribution in [-0.2, 0) is 14.4 Å². The highest BCUT2D eigenvalue weighted by Gasteiger charge is 2.74. The van der Waals surface area contributed by atoms with E-state index in [2.05, 4.69) is 13.2 Å². The lowest BCUT2D eigenvalue weighted by atomic mass is 9.70. The zero-order chi connectivity index (χ0) is 27.1. The molecule has 3 saturated heterocycles. The Morgan fingerprint density at radius 3 is 2.43 bits per heavy atom. The Balaban J connectivity index is 1.84. The summed E-state index contributed by atoms with van der Waals surface area (Å²) in [6.07, 6.45) is 5.38. The first-order valence-electron chi connectivity index (χ1n) is 13.1. The predicted molar refractivity (Wildman–Crippen MR) is 148 cm³/mol. The third-order valence-corrected chi connectivity index (χ3v) is 10.4. The maximum atomic E-state index is 14.7. The van der Waals surface area contributed by atoms with Crippen molar-refractivity contribution in [2.24, 2.45) is 11.8 Å². The van der Waals surface area contributed by atoms with Gasteiger partial charge in [-0.2, -0.15) is 0 Å². The number of likely N-dealkylation sites (tertiary alicyclic amines) is 1. The van der Waals surface area contributed by atoms with E-state index in [0.717, 1.165) is 23.2 Å². The number of aliphatic hydroxyl groups is 1. The van der Waals surface area contributed by atoms with Gasteiger partial charge in [-0.05, 0) is 44.2 Å². The first-order chi connectivity index (χ1) is 17.7. The van der Waals surface area contributed by atoms with E-state index in [9.17, 15) is 19.5 Å². The van der Waals surface area contributed by atoms with Gasteiger partial charge in [0.15, 0.2) is 0 Å². The summed E-state index contributed by atoms with van der Waals surface area (Å²) in [5.41, 5.74) is 2.76. The molecule has 3 aliphatic heterocycles. The molecule has 0 saturated carbocycles. The van der Waals surface area contributed by atoms with E-state index in [1.54, 1.807) is 45.7 Å². The van der Waals surface area contributed by atoms with Gasteiger partial charge in [-0.25, -0.2) is 0 Å². The second kappa shape index (κ2) is 10.7. The number of aliphatic hydroxyl groups excluding tert-OH is 1. The third kappa shape index (κ3) is 4.22. The predicted octanol–water partition coefficient (Wildman–Crippen LogP) is 3.33. The van der Waals surface area contributed by atoms with Crippen molar-refractivity contribution in [2.75, 3.05) is 31.6 Å². The number of hydrogen-bond acceptors (Lipinski definition) is 5. The molecule has 3 aliphatic rings. The molecule has 1 aromatic rings. The minimum absolute atomic E-state index is 0.00609. The first-order valence-corrected chi connectivity index (χ1v) is 14.0. The number of thioether (sulfide) groups is 1. The third-order valence-electron chi connectivity index (χ3n) is 8.40. The van der Waals surface area contributed by atoms with Gasteiger partial charge in [-0.3, -0.25) is 14.4 Å². The van der Waals surface area contributed by atoms with E-state index in [0.29, 0.717) is 25.9 Å². The van der Waals surface area contributed by atoms with Gasteiger partial charge in [0.2, 0.25) is 11.8 Å². The lowest BCUT2D eigenvalue weighted by Gasteiger charge is -2.40. The minimum atomic E-state index is -0.765. The van der Waals surface area contributed by atoms with Gasteiger partial charge in [0.25, 0.3) is 5.91 Å². The van der Waals surface area contributed by atoms with Gasteiger partial charge < -0.3 is 19.8 Å². The van der Waals surface area contributed by atoms with E-state index in [1.165, 1.54) is 0 Å². The molecule has 3 fully saturated rings. The van der Waals surface area contributed by atoms with Crippen LogP contribution < -0.4 is 4.90 Å².